The molecule has 5 rings (SSSR count). The summed E-state index contributed by atoms with van der Waals surface area (Å²) in [6, 6.07) is 6.92. The second kappa shape index (κ2) is 9.21. The lowest BCUT2D eigenvalue weighted by molar-refractivity contribution is 0.0696. The standard InChI is InChI=1S/C10H14.C8H8O2.C7H10/c1-2-3-9-6-8-4-5-10(9)7-8;1-6-4-2-3-5-7(6)8(9)10;1-2-7-4-3-6(1)5-7/h2,6,8,10H,1,3-5,7H2;2-5H,1H3,(H,9,10);1-2,6-7H,3-5H2. The van der Waals surface area contributed by atoms with E-state index in [1.54, 1.807) is 30.7 Å². The SMILES string of the molecule is C1=CC2CCC1C2.C=CCC1=CC2CCC1C2.Cc1ccccc1C(=O)O. The number of benzene rings is 1. The molecule has 0 aliphatic heterocycles. The molecule has 0 aromatic heterocycles. The molecule has 2 saturated carbocycles. The summed E-state index contributed by atoms with van der Waals surface area (Å²) in [6.45, 7) is 5.55. The Labute approximate surface area is 163 Å². The van der Waals surface area contributed by atoms with Crippen LogP contribution in [0.3, 0.4) is 0 Å². The summed E-state index contributed by atoms with van der Waals surface area (Å²) in [5.74, 6) is 3.01. The van der Waals surface area contributed by atoms with Gasteiger partial charge in [0, 0.05) is 0 Å². The Balaban J connectivity index is 0.000000119. The van der Waals surface area contributed by atoms with Crippen LogP contribution >= 0.6 is 0 Å². The van der Waals surface area contributed by atoms with Gasteiger partial charge in [-0.2, -0.15) is 0 Å². The number of aromatic carboxylic acids is 1. The van der Waals surface area contributed by atoms with Crippen molar-refractivity contribution in [2.24, 2.45) is 23.7 Å². The lowest BCUT2D eigenvalue weighted by atomic mass is 9.96. The molecule has 0 heterocycles. The van der Waals surface area contributed by atoms with Gasteiger partial charge in [-0.25, -0.2) is 4.79 Å². The van der Waals surface area contributed by atoms with Gasteiger partial charge >= 0.3 is 5.97 Å². The molecule has 4 atom stereocenters. The van der Waals surface area contributed by atoms with E-state index >= 15 is 0 Å². The predicted octanol–water partition coefficient (Wildman–Crippen LogP) is 6.58. The number of carbonyl (C=O) groups is 1. The van der Waals surface area contributed by atoms with Crippen molar-refractivity contribution in [3.05, 3.63) is 71.8 Å². The lowest BCUT2D eigenvalue weighted by Gasteiger charge is -2.09. The Kier molecular flexibility index (Phi) is 6.71. The van der Waals surface area contributed by atoms with Crippen LogP contribution in [0.1, 0.15) is 60.9 Å². The minimum absolute atomic E-state index is 0.377. The zero-order chi connectivity index (χ0) is 19.2. The number of aryl methyl sites for hydroxylation is 1. The highest BCUT2D eigenvalue weighted by Gasteiger charge is 2.31. The van der Waals surface area contributed by atoms with Gasteiger partial charge < -0.3 is 5.11 Å². The molecule has 4 bridgehead atoms. The van der Waals surface area contributed by atoms with Crippen LogP contribution in [-0.4, -0.2) is 11.1 Å². The average Bonchev–Trinajstić information content (AvgIpc) is 3.46. The van der Waals surface area contributed by atoms with E-state index in [1.165, 1.54) is 38.5 Å². The van der Waals surface area contributed by atoms with Crippen molar-refractivity contribution in [2.45, 2.75) is 51.9 Å². The third-order valence-electron chi connectivity index (χ3n) is 6.37. The third kappa shape index (κ3) is 5.22. The largest absolute Gasteiger partial charge is 0.478 e. The van der Waals surface area contributed by atoms with Crippen LogP contribution in [0.5, 0.6) is 0 Å². The molecule has 1 aromatic carbocycles. The van der Waals surface area contributed by atoms with Crippen molar-refractivity contribution in [3.8, 4) is 0 Å². The molecule has 1 aromatic rings. The summed E-state index contributed by atoms with van der Waals surface area (Å²) in [5, 5.41) is 8.57. The number of carboxylic acid groups (broad SMARTS) is 1. The van der Waals surface area contributed by atoms with Gasteiger partial charge in [0.25, 0.3) is 0 Å². The van der Waals surface area contributed by atoms with Crippen LogP contribution in [-0.2, 0) is 0 Å². The normalized spacial score (nSPS) is 28.7. The van der Waals surface area contributed by atoms with Gasteiger partial charge in [0.2, 0.25) is 0 Å². The number of rotatable bonds is 3. The molecule has 27 heavy (non-hydrogen) atoms. The van der Waals surface area contributed by atoms with Crippen molar-refractivity contribution in [1.29, 1.82) is 0 Å². The topological polar surface area (TPSA) is 37.3 Å². The molecule has 0 saturated heterocycles. The number of fused-ring (bicyclic) bond motifs is 4. The highest BCUT2D eigenvalue weighted by Crippen LogP contribution is 2.44. The Morgan fingerprint density at radius 1 is 1.07 bits per heavy atom. The van der Waals surface area contributed by atoms with Crippen LogP contribution in [0.25, 0.3) is 0 Å². The summed E-state index contributed by atoms with van der Waals surface area (Å²) in [5.41, 5.74) is 2.85. The average molecular weight is 365 g/mol. The Bertz CT molecular complexity index is 716. The fraction of sp³-hybridized carbons (Fsp3) is 0.480. The molecule has 4 aliphatic carbocycles. The van der Waals surface area contributed by atoms with Crippen molar-refractivity contribution >= 4 is 5.97 Å². The minimum Gasteiger partial charge on any atom is -0.478 e. The monoisotopic (exact) mass is 364 g/mol. The minimum atomic E-state index is -0.863. The zero-order valence-corrected chi connectivity index (χ0v) is 16.4. The van der Waals surface area contributed by atoms with E-state index in [4.69, 9.17) is 5.11 Å². The van der Waals surface area contributed by atoms with Crippen LogP contribution < -0.4 is 0 Å². The highest BCUT2D eigenvalue weighted by atomic mass is 16.4. The van der Waals surface area contributed by atoms with E-state index in [0.29, 0.717) is 5.56 Å². The van der Waals surface area contributed by atoms with E-state index < -0.39 is 5.97 Å². The number of hydrogen-bond acceptors (Lipinski definition) is 1. The van der Waals surface area contributed by atoms with Crippen LogP contribution in [0, 0.1) is 30.6 Å². The van der Waals surface area contributed by atoms with Crippen molar-refractivity contribution < 1.29 is 9.90 Å². The molecule has 144 valence electrons. The van der Waals surface area contributed by atoms with Gasteiger partial charge in [-0.1, -0.05) is 48.1 Å². The molecule has 4 unspecified atom stereocenters. The van der Waals surface area contributed by atoms with Crippen molar-refractivity contribution in [2.75, 3.05) is 0 Å². The van der Waals surface area contributed by atoms with Crippen LogP contribution in [0.15, 0.2) is 60.7 Å². The van der Waals surface area contributed by atoms with Gasteiger partial charge in [-0.15, -0.1) is 6.58 Å². The molecule has 2 nitrogen and oxygen atoms in total. The van der Waals surface area contributed by atoms with Crippen LogP contribution in [0.2, 0.25) is 0 Å². The van der Waals surface area contributed by atoms with Crippen LogP contribution in [0.4, 0.5) is 0 Å². The first-order valence-electron chi connectivity index (χ1n) is 10.4. The molecular weight excluding hydrogens is 332 g/mol. The molecule has 1 N–H and O–H groups in total. The molecular formula is C25H32O2. The first-order chi connectivity index (χ1) is 13.1. The molecule has 0 amide bonds. The summed E-state index contributed by atoms with van der Waals surface area (Å²) in [7, 11) is 0. The molecule has 0 radical (unpaired) electrons. The lowest BCUT2D eigenvalue weighted by Crippen LogP contribution is -1.97. The zero-order valence-electron chi connectivity index (χ0n) is 16.4. The number of allylic oxidation sites excluding steroid dienone is 5. The maximum atomic E-state index is 10.4. The maximum absolute atomic E-state index is 10.4. The highest BCUT2D eigenvalue weighted by molar-refractivity contribution is 5.89. The molecule has 0 spiro atoms. The van der Waals surface area contributed by atoms with Gasteiger partial charge in [0.05, 0.1) is 5.56 Å². The van der Waals surface area contributed by atoms with Gasteiger partial charge in [0.15, 0.2) is 0 Å². The quantitative estimate of drug-likeness (QED) is 0.615. The first kappa shape index (κ1) is 19.7. The third-order valence-corrected chi connectivity index (χ3v) is 6.37. The maximum Gasteiger partial charge on any atom is 0.335 e. The van der Waals surface area contributed by atoms with E-state index in [0.717, 1.165) is 35.7 Å². The van der Waals surface area contributed by atoms with Gasteiger partial charge in [-0.3, -0.25) is 0 Å². The number of hydrogen-bond donors (Lipinski definition) is 1. The van der Waals surface area contributed by atoms with Crippen molar-refractivity contribution in [3.63, 3.8) is 0 Å². The van der Waals surface area contributed by atoms with Gasteiger partial charge in [-0.05, 0) is 87.2 Å². The second-order valence-corrected chi connectivity index (χ2v) is 8.34. The summed E-state index contributed by atoms with van der Waals surface area (Å²) >= 11 is 0. The van der Waals surface area contributed by atoms with E-state index in [9.17, 15) is 4.79 Å². The second-order valence-electron chi connectivity index (χ2n) is 8.34. The molecule has 2 fully saturated rings. The fourth-order valence-electron chi connectivity index (χ4n) is 4.87. The number of carboxylic acids is 1. The van der Waals surface area contributed by atoms with E-state index in [-0.39, 0.29) is 0 Å². The smallest absolute Gasteiger partial charge is 0.335 e. The molecule has 2 heteroatoms. The summed E-state index contributed by atoms with van der Waals surface area (Å²) in [6.07, 6.45) is 19.2. The fourth-order valence-corrected chi connectivity index (χ4v) is 4.87. The van der Waals surface area contributed by atoms with Crippen molar-refractivity contribution in [1.82, 2.24) is 0 Å². The Morgan fingerprint density at radius 2 is 1.74 bits per heavy atom. The van der Waals surface area contributed by atoms with E-state index in [2.05, 4.69) is 24.8 Å². The summed E-state index contributed by atoms with van der Waals surface area (Å²) in [4.78, 5) is 10.4. The summed E-state index contributed by atoms with van der Waals surface area (Å²) < 4.78 is 0. The first-order valence-corrected chi connectivity index (χ1v) is 10.4. The molecule has 4 aliphatic rings. The Morgan fingerprint density at radius 3 is 2.11 bits per heavy atom. The predicted molar refractivity (Wildman–Crippen MR) is 112 cm³/mol. The Hall–Kier alpha value is -2.09. The van der Waals surface area contributed by atoms with Gasteiger partial charge in [0.1, 0.15) is 0 Å². The van der Waals surface area contributed by atoms with E-state index in [1.807, 2.05) is 12.1 Å².